The van der Waals surface area contributed by atoms with E-state index in [1.807, 2.05) is 19.1 Å². The highest BCUT2D eigenvalue weighted by molar-refractivity contribution is 7.92. The summed E-state index contributed by atoms with van der Waals surface area (Å²) in [7, 11) is -3.75. The van der Waals surface area contributed by atoms with Crippen LogP contribution in [-0.2, 0) is 19.6 Å². The molecule has 0 aliphatic carbocycles. The topological polar surface area (TPSA) is 86.8 Å². The summed E-state index contributed by atoms with van der Waals surface area (Å²) in [5, 5.41) is 2.73. The number of nitrogens with one attached hydrogen (secondary N) is 1. The van der Waals surface area contributed by atoms with Gasteiger partial charge in [-0.05, 0) is 50.1 Å². The van der Waals surface area contributed by atoms with Gasteiger partial charge in [0.1, 0.15) is 12.6 Å². The molecule has 0 fully saturated rings. The number of sulfonamides is 1. The van der Waals surface area contributed by atoms with Gasteiger partial charge in [0.15, 0.2) is 0 Å². The van der Waals surface area contributed by atoms with E-state index >= 15 is 0 Å². The van der Waals surface area contributed by atoms with E-state index in [1.54, 1.807) is 44.2 Å². The smallest absolute Gasteiger partial charge is 0.251 e. The van der Waals surface area contributed by atoms with Crippen LogP contribution in [-0.4, -0.2) is 39.1 Å². The van der Waals surface area contributed by atoms with Gasteiger partial charge in [0.05, 0.1) is 23.3 Å². The second-order valence-electron chi connectivity index (χ2n) is 7.01. The summed E-state index contributed by atoms with van der Waals surface area (Å²) < 4.78 is 26.4. The Kier molecular flexibility index (Phi) is 5.16. The van der Waals surface area contributed by atoms with Crippen molar-refractivity contribution in [2.75, 3.05) is 27.3 Å². The van der Waals surface area contributed by atoms with Crippen LogP contribution in [0.1, 0.15) is 18.1 Å². The third-order valence-corrected chi connectivity index (χ3v) is 5.93. The SMILES string of the molecule is Cc1ccc(C)c(N([C@H](C)C(=O)N2CC(=O)Nc3ccccc32)S(C)(=O)=O)c1. The Labute approximate surface area is 165 Å². The van der Waals surface area contributed by atoms with Gasteiger partial charge in [-0.2, -0.15) is 0 Å². The number of benzene rings is 2. The maximum Gasteiger partial charge on any atom is 0.251 e. The van der Waals surface area contributed by atoms with E-state index in [0.29, 0.717) is 17.1 Å². The number of aryl methyl sites for hydroxylation is 2. The molecule has 0 unspecified atom stereocenters. The van der Waals surface area contributed by atoms with Crippen LogP contribution >= 0.6 is 0 Å². The first-order chi connectivity index (χ1) is 13.1. The fourth-order valence-electron chi connectivity index (χ4n) is 3.39. The minimum atomic E-state index is -3.75. The molecule has 0 aromatic heterocycles. The zero-order valence-corrected chi connectivity index (χ0v) is 17.1. The predicted octanol–water partition coefficient (Wildman–Crippen LogP) is 2.44. The second-order valence-corrected chi connectivity index (χ2v) is 8.87. The van der Waals surface area contributed by atoms with Gasteiger partial charge in [-0.15, -0.1) is 0 Å². The van der Waals surface area contributed by atoms with Crippen molar-refractivity contribution in [3.63, 3.8) is 0 Å². The monoisotopic (exact) mass is 401 g/mol. The van der Waals surface area contributed by atoms with Crippen molar-refractivity contribution in [2.45, 2.75) is 26.8 Å². The predicted molar refractivity (Wildman–Crippen MR) is 110 cm³/mol. The zero-order valence-electron chi connectivity index (χ0n) is 16.3. The van der Waals surface area contributed by atoms with Crippen molar-refractivity contribution >= 4 is 38.9 Å². The number of fused-ring (bicyclic) bond motifs is 1. The molecule has 0 radical (unpaired) electrons. The van der Waals surface area contributed by atoms with E-state index in [2.05, 4.69) is 5.32 Å². The number of hydrogen-bond acceptors (Lipinski definition) is 4. The van der Waals surface area contributed by atoms with Crippen molar-refractivity contribution in [3.05, 3.63) is 53.6 Å². The van der Waals surface area contributed by atoms with E-state index in [0.717, 1.165) is 21.7 Å². The minimum absolute atomic E-state index is 0.162. The van der Waals surface area contributed by atoms with Crippen molar-refractivity contribution in [1.82, 2.24) is 0 Å². The molecule has 1 aliphatic rings. The van der Waals surface area contributed by atoms with Gasteiger partial charge >= 0.3 is 0 Å². The number of carbonyl (C=O) groups is 2. The van der Waals surface area contributed by atoms with E-state index in [-0.39, 0.29) is 12.5 Å². The van der Waals surface area contributed by atoms with Crippen LogP contribution in [0.15, 0.2) is 42.5 Å². The number of rotatable bonds is 4. The van der Waals surface area contributed by atoms with Crippen LogP contribution < -0.4 is 14.5 Å². The molecular weight excluding hydrogens is 378 g/mol. The molecule has 1 heterocycles. The summed E-state index contributed by atoms with van der Waals surface area (Å²) in [6.45, 7) is 5.04. The summed E-state index contributed by atoms with van der Waals surface area (Å²) in [5.41, 5.74) is 3.16. The van der Waals surface area contributed by atoms with Gasteiger partial charge in [0, 0.05) is 0 Å². The van der Waals surface area contributed by atoms with Gasteiger partial charge in [-0.1, -0.05) is 24.3 Å². The molecular formula is C20H23N3O4S. The molecule has 0 spiro atoms. The Balaban J connectivity index is 2.05. The molecule has 0 saturated heterocycles. The van der Waals surface area contributed by atoms with E-state index in [1.165, 1.54) is 4.90 Å². The van der Waals surface area contributed by atoms with Gasteiger partial charge in [0.25, 0.3) is 5.91 Å². The van der Waals surface area contributed by atoms with Crippen molar-refractivity contribution < 1.29 is 18.0 Å². The van der Waals surface area contributed by atoms with E-state index in [9.17, 15) is 18.0 Å². The minimum Gasteiger partial charge on any atom is -0.323 e. The Hall–Kier alpha value is -2.87. The summed E-state index contributed by atoms with van der Waals surface area (Å²) in [5.74, 6) is -0.787. The van der Waals surface area contributed by atoms with Crippen molar-refractivity contribution in [3.8, 4) is 0 Å². The molecule has 8 heteroatoms. The van der Waals surface area contributed by atoms with E-state index < -0.39 is 22.0 Å². The van der Waals surface area contributed by atoms with Crippen LogP contribution in [0.2, 0.25) is 0 Å². The lowest BCUT2D eigenvalue weighted by molar-refractivity contribution is -0.122. The lowest BCUT2D eigenvalue weighted by Crippen LogP contribution is -2.53. The number of nitrogens with zero attached hydrogens (tertiary/aromatic N) is 2. The largest absolute Gasteiger partial charge is 0.323 e. The average Bonchev–Trinajstić information content (AvgIpc) is 2.62. The highest BCUT2D eigenvalue weighted by atomic mass is 32.2. The Bertz CT molecular complexity index is 1050. The number of amides is 2. The van der Waals surface area contributed by atoms with Gasteiger partial charge in [0.2, 0.25) is 15.9 Å². The van der Waals surface area contributed by atoms with Crippen LogP contribution in [0.25, 0.3) is 0 Å². The summed E-state index contributed by atoms with van der Waals surface area (Å²) >= 11 is 0. The van der Waals surface area contributed by atoms with Crippen LogP contribution in [0.5, 0.6) is 0 Å². The highest BCUT2D eigenvalue weighted by Gasteiger charge is 2.36. The molecule has 7 nitrogen and oxygen atoms in total. The first kappa shape index (κ1) is 19.9. The highest BCUT2D eigenvalue weighted by Crippen LogP contribution is 2.32. The molecule has 3 rings (SSSR count). The van der Waals surface area contributed by atoms with Crippen LogP contribution in [0.4, 0.5) is 17.1 Å². The standard InChI is InChI=1S/C20H23N3O4S/c1-13-9-10-14(2)18(11-13)23(28(4,26)27)15(3)20(25)22-12-19(24)21-16-7-5-6-8-17(16)22/h5-11,15H,12H2,1-4H3,(H,21,24)/t15-/m1/s1. The van der Waals surface area contributed by atoms with Crippen LogP contribution in [0, 0.1) is 13.8 Å². The maximum absolute atomic E-state index is 13.3. The first-order valence-corrected chi connectivity index (χ1v) is 10.7. The second kappa shape index (κ2) is 7.27. The molecule has 28 heavy (non-hydrogen) atoms. The zero-order chi connectivity index (χ0) is 20.6. The lowest BCUT2D eigenvalue weighted by Gasteiger charge is -2.35. The number of hydrogen-bond donors (Lipinski definition) is 1. The number of para-hydroxylation sites is 2. The fraction of sp³-hybridized carbons (Fsp3) is 0.300. The Morgan fingerprint density at radius 3 is 2.54 bits per heavy atom. The molecule has 1 N–H and O–H groups in total. The maximum atomic E-state index is 13.3. The molecule has 2 aromatic rings. The Morgan fingerprint density at radius 2 is 1.86 bits per heavy atom. The van der Waals surface area contributed by atoms with Crippen molar-refractivity contribution in [2.24, 2.45) is 0 Å². The molecule has 2 aromatic carbocycles. The molecule has 0 bridgehead atoms. The molecule has 0 saturated carbocycles. The third kappa shape index (κ3) is 3.73. The van der Waals surface area contributed by atoms with Gasteiger partial charge < -0.3 is 5.32 Å². The fourth-order valence-corrected chi connectivity index (χ4v) is 4.61. The average molecular weight is 401 g/mol. The summed E-state index contributed by atoms with van der Waals surface area (Å²) in [4.78, 5) is 26.7. The molecule has 1 atom stereocenters. The quantitative estimate of drug-likeness (QED) is 0.853. The number of anilines is 3. The normalized spacial score (nSPS) is 14.9. The molecule has 1 aliphatic heterocycles. The van der Waals surface area contributed by atoms with E-state index in [4.69, 9.17) is 0 Å². The molecule has 148 valence electrons. The summed E-state index contributed by atoms with van der Waals surface area (Å²) in [6, 6.07) is 11.4. The van der Waals surface area contributed by atoms with Crippen molar-refractivity contribution in [1.29, 1.82) is 0 Å². The first-order valence-electron chi connectivity index (χ1n) is 8.86. The van der Waals surface area contributed by atoms with Gasteiger partial charge in [-0.25, -0.2) is 8.42 Å². The molecule has 2 amide bonds. The third-order valence-electron chi connectivity index (χ3n) is 4.71. The lowest BCUT2D eigenvalue weighted by atomic mass is 10.1. The Morgan fingerprint density at radius 1 is 1.18 bits per heavy atom. The number of carbonyl (C=O) groups excluding carboxylic acids is 2. The van der Waals surface area contributed by atoms with Gasteiger partial charge in [-0.3, -0.25) is 18.8 Å². The van der Waals surface area contributed by atoms with Crippen LogP contribution in [0.3, 0.4) is 0 Å². The summed E-state index contributed by atoms with van der Waals surface area (Å²) in [6.07, 6.45) is 1.08.